The lowest BCUT2D eigenvalue weighted by Crippen LogP contribution is -2.23. The van der Waals surface area contributed by atoms with E-state index in [1.807, 2.05) is 0 Å². The molecule has 1 aliphatic rings. The summed E-state index contributed by atoms with van der Waals surface area (Å²) < 4.78 is 24.7. The second-order valence-corrected chi connectivity index (χ2v) is 6.33. The van der Waals surface area contributed by atoms with Crippen LogP contribution in [0.3, 0.4) is 0 Å². The van der Waals surface area contributed by atoms with Crippen molar-refractivity contribution in [3.63, 3.8) is 0 Å². The molecular weight excluding hydrogens is 357 g/mol. The van der Waals surface area contributed by atoms with Gasteiger partial charge in [-0.2, -0.15) is 0 Å². The molecule has 8 heteroatoms. The molecule has 0 fully saturated rings. The van der Waals surface area contributed by atoms with E-state index in [0.29, 0.717) is 36.1 Å². The summed E-state index contributed by atoms with van der Waals surface area (Å²) in [6, 6.07) is 3.63. The van der Waals surface area contributed by atoms with Gasteiger partial charge in [0.15, 0.2) is 29.2 Å². The molecule has 1 aromatic heterocycles. The maximum Gasteiger partial charge on any atom is 0.344 e. The molecule has 1 aromatic carbocycles. The van der Waals surface area contributed by atoms with Crippen LogP contribution < -0.4 is 10.1 Å². The number of ketones is 1. The molecule has 1 amide bonds. The second-order valence-electron chi connectivity index (χ2n) is 6.33. The fraction of sp³-hybridized carbons (Fsp3) is 0.316. The highest BCUT2D eigenvalue weighted by molar-refractivity contribution is 6.07. The standard InChI is InChI=1S/C19H18FNO6/c1-9-16-13(22)4-3-5-15(16)27-17(9)18(23)21-11-6-7-14(12(20)8-11)26-10(2)19(24)25/h6-8,10H,3-5H2,1-2H3,(H,21,23)(H,24,25). The Hall–Kier alpha value is -3.16. The molecule has 1 unspecified atom stereocenters. The van der Waals surface area contributed by atoms with Crippen LogP contribution >= 0.6 is 0 Å². The van der Waals surface area contributed by atoms with Crippen molar-refractivity contribution in [3.05, 3.63) is 46.7 Å². The normalized spacial score (nSPS) is 14.4. The monoisotopic (exact) mass is 375 g/mol. The van der Waals surface area contributed by atoms with Crippen LogP contribution in [0.5, 0.6) is 5.75 Å². The molecule has 27 heavy (non-hydrogen) atoms. The minimum atomic E-state index is -1.22. The number of rotatable bonds is 5. The van der Waals surface area contributed by atoms with E-state index in [9.17, 15) is 18.8 Å². The summed E-state index contributed by atoms with van der Waals surface area (Å²) >= 11 is 0. The average molecular weight is 375 g/mol. The lowest BCUT2D eigenvalue weighted by Gasteiger charge is -2.12. The molecule has 1 aliphatic carbocycles. The molecule has 2 aromatic rings. The second kappa shape index (κ2) is 7.22. The zero-order chi connectivity index (χ0) is 19.7. The van der Waals surface area contributed by atoms with Crippen LogP contribution in [0.15, 0.2) is 22.6 Å². The van der Waals surface area contributed by atoms with Crippen LogP contribution in [0.2, 0.25) is 0 Å². The Morgan fingerprint density at radius 3 is 2.70 bits per heavy atom. The van der Waals surface area contributed by atoms with Gasteiger partial charge in [-0.25, -0.2) is 9.18 Å². The highest BCUT2D eigenvalue weighted by atomic mass is 19.1. The van der Waals surface area contributed by atoms with E-state index in [-0.39, 0.29) is 23.0 Å². The molecule has 7 nitrogen and oxygen atoms in total. The maximum absolute atomic E-state index is 14.1. The Balaban J connectivity index is 1.78. The number of carboxylic acid groups (broad SMARTS) is 1. The Morgan fingerprint density at radius 2 is 2.07 bits per heavy atom. The number of anilines is 1. The number of carbonyl (C=O) groups excluding carboxylic acids is 2. The van der Waals surface area contributed by atoms with Crippen molar-refractivity contribution in [2.24, 2.45) is 0 Å². The summed E-state index contributed by atoms with van der Waals surface area (Å²) in [6.07, 6.45) is 0.490. The number of aryl methyl sites for hydroxylation is 1. The highest BCUT2D eigenvalue weighted by Gasteiger charge is 2.29. The minimum absolute atomic E-state index is 0.0236. The zero-order valence-electron chi connectivity index (χ0n) is 14.8. The van der Waals surface area contributed by atoms with Gasteiger partial charge >= 0.3 is 5.97 Å². The number of furan rings is 1. The number of ether oxygens (including phenoxy) is 1. The van der Waals surface area contributed by atoms with Crippen LogP contribution in [0, 0.1) is 12.7 Å². The molecule has 1 heterocycles. The van der Waals surface area contributed by atoms with Gasteiger partial charge in [0.25, 0.3) is 5.91 Å². The third-order valence-electron chi connectivity index (χ3n) is 4.35. The van der Waals surface area contributed by atoms with Crippen molar-refractivity contribution in [1.82, 2.24) is 0 Å². The van der Waals surface area contributed by atoms with E-state index in [4.69, 9.17) is 14.3 Å². The lowest BCUT2D eigenvalue weighted by molar-refractivity contribution is -0.144. The number of carboxylic acids is 1. The van der Waals surface area contributed by atoms with Gasteiger partial charge in [-0.05, 0) is 32.4 Å². The lowest BCUT2D eigenvalue weighted by atomic mass is 9.94. The van der Waals surface area contributed by atoms with Crippen molar-refractivity contribution in [1.29, 1.82) is 0 Å². The SMILES string of the molecule is Cc1c(C(=O)Nc2ccc(OC(C)C(=O)O)c(F)c2)oc2c1C(=O)CCC2. The summed E-state index contributed by atoms with van der Waals surface area (Å²) in [5.74, 6) is -2.39. The number of amides is 1. The number of benzene rings is 1. The fourth-order valence-electron chi connectivity index (χ4n) is 2.97. The van der Waals surface area contributed by atoms with Gasteiger partial charge in [0.05, 0.1) is 5.56 Å². The van der Waals surface area contributed by atoms with Crippen molar-refractivity contribution in [2.45, 2.75) is 39.2 Å². The van der Waals surface area contributed by atoms with Crippen LogP contribution in [0.4, 0.5) is 10.1 Å². The quantitative estimate of drug-likeness (QED) is 0.830. The molecule has 0 aliphatic heterocycles. The molecular formula is C19H18FNO6. The zero-order valence-corrected chi connectivity index (χ0v) is 14.8. The van der Waals surface area contributed by atoms with Gasteiger partial charge in [-0.3, -0.25) is 9.59 Å². The Bertz CT molecular complexity index is 933. The van der Waals surface area contributed by atoms with Crippen molar-refractivity contribution in [3.8, 4) is 5.75 Å². The first-order valence-electron chi connectivity index (χ1n) is 8.43. The summed E-state index contributed by atoms with van der Waals surface area (Å²) in [4.78, 5) is 35.3. The Labute approximate surface area is 154 Å². The number of hydrogen-bond donors (Lipinski definition) is 2. The molecule has 0 saturated carbocycles. The number of halogens is 1. The van der Waals surface area contributed by atoms with E-state index in [1.54, 1.807) is 6.92 Å². The van der Waals surface area contributed by atoms with Gasteiger partial charge in [0.1, 0.15) is 5.76 Å². The Morgan fingerprint density at radius 1 is 1.33 bits per heavy atom. The minimum Gasteiger partial charge on any atom is -0.479 e. The molecule has 0 saturated heterocycles. The van der Waals surface area contributed by atoms with Gasteiger partial charge in [0, 0.05) is 30.2 Å². The van der Waals surface area contributed by atoms with E-state index >= 15 is 0 Å². The number of nitrogens with one attached hydrogen (secondary N) is 1. The number of carbonyl (C=O) groups is 3. The topological polar surface area (TPSA) is 106 Å². The van der Waals surface area contributed by atoms with Gasteiger partial charge < -0.3 is 19.6 Å². The van der Waals surface area contributed by atoms with E-state index in [1.165, 1.54) is 19.1 Å². The molecule has 0 spiro atoms. The third kappa shape index (κ3) is 3.69. The van der Waals surface area contributed by atoms with Gasteiger partial charge in [-0.15, -0.1) is 0 Å². The van der Waals surface area contributed by atoms with E-state index in [2.05, 4.69) is 5.32 Å². The first kappa shape index (κ1) is 18.6. The molecule has 142 valence electrons. The first-order chi connectivity index (χ1) is 12.8. The van der Waals surface area contributed by atoms with E-state index in [0.717, 1.165) is 6.07 Å². The van der Waals surface area contributed by atoms with Crippen molar-refractivity contribution < 1.29 is 33.0 Å². The molecule has 0 radical (unpaired) electrons. The predicted octanol–water partition coefficient (Wildman–Crippen LogP) is 3.35. The van der Waals surface area contributed by atoms with Crippen LogP contribution in [-0.2, 0) is 11.2 Å². The molecule has 3 rings (SSSR count). The largest absolute Gasteiger partial charge is 0.479 e. The number of fused-ring (bicyclic) bond motifs is 1. The Kier molecular flexibility index (Phi) is 4.98. The van der Waals surface area contributed by atoms with Crippen molar-refractivity contribution >= 4 is 23.3 Å². The maximum atomic E-state index is 14.1. The number of aliphatic carboxylic acids is 1. The number of hydrogen-bond acceptors (Lipinski definition) is 5. The first-order valence-corrected chi connectivity index (χ1v) is 8.43. The van der Waals surface area contributed by atoms with Crippen LogP contribution in [0.1, 0.15) is 52.0 Å². The molecule has 2 N–H and O–H groups in total. The molecule has 0 bridgehead atoms. The summed E-state index contributed by atoms with van der Waals surface area (Å²) in [6.45, 7) is 2.92. The fourth-order valence-corrected chi connectivity index (χ4v) is 2.97. The highest BCUT2D eigenvalue weighted by Crippen LogP contribution is 2.30. The summed E-state index contributed by atoms with van der Waals surface area (Å²) in [7, 11) is 0. The summed E-state index contributed by atoms with van der Waals surface area (Å²) in [5.41, 5.74) is 1.08. The van der Waals surface area contributed by atoms with Gasteiger partial charge in [0.2, 0.25) is 0 Å². The van der Waals surface area contributed by atoms with Gasteiger partial charge in [-0.1, -0.05) is 0 Å². The van der Waals surface area contributed by atoms with Crippen LogP contribution in [-0.4, -0.2) is 28.9 Å². The van der Waals surface area contributed by atoms with Crippen molar-refractivity contribution in [2.75, 3.05) is 5.32 Å². The average Bonchev–Trinajstić information content (AvgIpc) is 2.95. The van der Waals surface area contributed by atoms with Crippen LogP contribution in [0.25, 0.3) is 0 Å². The predicted molar refractivity (Wildman–Crippen MR) is 92.8 cm³/mol. The smallest absolute Gasteiger partial charge is 0.344 e. The molecule has 1 atom stereocenters. The van der Waals surface area contributed by atoms with E-state index < -0.39 is 23.8 Å². The summed E-state index contributed by atoms with van der Waals surface area (Å²) in [5, 5.41) is 11.3. The third-order valence-corrected chi connectivity index (χ3v) is 4.35. The number of Topliss-reactive ketones (excluding diaryl/α,β-unsaturated/α-hetero) is 1.